The smallest absolute Gasteiger partial charge is 0.262 e. The highest BCUT2D eigenvalue weighted by Crippen LogP contribution is 2.30. The summed E-state index contributed by atoms with van der Waals surface area (Å²) >= 11 is 0. The highest BCUT2D eigenvalue weighted by atomic mass is 19.1. The molecular weight excluding hydrogens is 361 g/mol. The van der Waals surface area contributed by atoms with Crippen LogP contribution in [0.4, 0.5) is 15.9 Å². The zero-order chi connectivity index (χ0) is 19.3. The number of amides is 1. The maximum absolute atomic E-state index is 13.4. The van der Waals surface area contributed by atoms with E-state index in [0.29, 0.717) is 43.0 Å². The fraction of sp³-hybridized carbons (Fsp3) is 0.250. The molecule has 2 aliphatic heterocycles. The predicted octanol–water partition coefficient (Wildman–Crippen LogP) is 2.68. The standard InChI is InChI=1S/C20H18FN5O2/c21-13-6-7-24(10-13)19-5-4-15(9-22-19)26-11-17-18(23-26)12-25(20(17)28)14-2-1-3-16(27)8-14/h1-5,8-9,11,13,27H,6-7,10,12H2/t13-/m1/s1. The quantitative estimate of drug-likeness (QED) is 0.757. The van der Waals surface area contributed by atoms with Gasteiger partial charge in [-0.1, -0.05) is 6.07 Å². The van der Waals surface area contributed by atoms with E-state index in [1.807, 2.05) is 17.0 Å². The summed E-state index contributed by atoms with van der Waals surface area (Å²) in [6.45, 7) is 1.40. The van der Waals surface area contributed by atoms with E-state index in [1.165, 1.54) is 0 Å². The number of carbonyl (C=O) groups is 1. The Kier molecular flexibility index (Phi) is 3.78. The van der Waals surface area contributed by atoms with Crippen LogP contribution >= 0.6 is 0 Å². The Morgan fingerprint density at radius 3 is 2.75 bits per heavy atom. The molecule has 28 heavy (non-hydrogen) atoms. The second-order valence-corrected chi connectivity index (χ2v) is 7.05. The number of fused-ring (bicyclic) bond motifs is 1. The fourth-order valence-corrected chi connectivity index (χ4v) is 3.70. The number of benzene rings is 1. The van der Waals surface area contributed by atoms with Gasteiger partial charge in [0, 0.05) is 24.5 Å². The lowest BCUT2D eigenvalue weighted by molar-refractivity contribution is 0.0996. The molecule has 1 saturated heterocycles. The van der Waals surface area contributed by atoms with Gasteiger partial charge in [-0.3, -0.25) is 4.79 Å². The molecule has 1 N–H and O–H groups in total. The average molecular weight is 379 g/mol. The summed E-state index contributed by atoms with van der Waals surface area (Å²) in [5.41, 5.74) is 2.59. The zero-order valence-electron chi connectivity index (χ0n) is 15.0. The van der Waals surface area contributed by atoms with Crippen LogP contribution in [0.15, 0.2) is 48.8 Å². The van der Waals surface area contributed by atoms with Gasteiger partial charge in [0.25, 0.3) is 5.91 Å². The average Bonchev–Trinajstić information content (AvgIpc) is 3.38. The molecular formula is C20H18FN5O2. The first-order valence-electron chi connectivity index (χ1n) is 9.13. The molecule has 1 atom stereocenters. The third-order valence-corrected chi connectivity index (χ3v) is 5.17. The molecule has 2 aliphatic rings. The summed E-state index contributed by atoms with van der Waals surface area (Å²) in [6, 6.07) is 10.3. The summed E-state index contributed by atoms with van der Waals surface area (Å²) in [5.74, 6) is 0.709. The normalized spacial score (nSPS) is 18.8. The Morgan fingerprint density at radius 2 is 2.07 bits per heavy atom. The Hall–Kier alpha value is -3.42. The van der Waals surface area contributed by atoms with Crippen molar-refractivity contribution < 1.29 is 14.3 Å². The van der Waals surface area contributed by atoms with Crippen molar-refractivity contribution in [3.05, 3.63) is 60.0 Å². The molecule has 8 heteroatoms. The molecule has 0 aliphatic carbocycles. The van der Waals surface area contributed by atoms with Crippen molar-refractivity contribution >= 4 is 17.4 Å². The highest BCUT2D eigenvalue weighted by molar-refractivity contribution is 6.09. The third-order valence-electron chi connectivity index (χ3n) is 5.17. The number of phenolic OH excluding ortho intramolecular Hbond substituents is 1. The second kappa shape index (κ2) is 6.33. The van der Waals surface area contributed by atoms with Crippen LogP contribution in [0.5, 0.6) is 5.75 Å². The van der Waals surface area contributed by atoms with E-state index >= 15 is 0 Å². The number of aromatic nitrogens is 3. The first-order valence-corrected chi connectivity index (χ1v) is 9.13. The number of aromatic hydroxyl groups is 1. The van der Waals surface area contributed by atoms with Crippen LogP contribution in [-0.4, -0.2) is 45.0 Å². The predicted molar refractivity (Wildman–Crippen MR) is 102 cm³/mol. The molecule has 2 aromatic heterocycles. The lowest BCUT2D eigenvalue weighted by Gasteiger charge is -2.17. The van der Waals surface area contributed by atoms with Crippen LogP contribution in [0.1, 0.15) is 22.5 Å². The number of halogens is 1. The van der Waals surface area contributed by atoms with Crippen LogP contribution in [0.25, 0.3) is 5.69 Å². The summed E-state index contributed by atoms with van der Waals surface area (Å²) in [6.07, 6.45) is 3.12. The van der Waals surface area contributed by atoms with Crippen LogP contribution in [-0.2, 0) is 6.54 Å². The van der Waals surface area contributed by atoms with Gasteiger partial charge in [-0.15, -0.1) is 0 Å². The van der Waals surface area contributed by atoms with Crippen molar-refractivity contribution in [2.45, 2.75) is 19.1 Å². The number of rotatable bonds is 3. The Bertz CT molecular complexity index is 1050. The number of phenols is 1. The number of nitrogens with zero attached hydrogens (tertiary/aromatic N) is 5. The van der Waals surface area contributed by atoms with Gasteiger partial charge in [-0.25, -0.2) is 14.1 Å². The molecule has 0 bridgehead atoms. The monoisotopic (exact) mass is 379 g/mol. The summed E-state index contributed by atoms with van der Waals surface area (Å²) in [4.78, 5) is 20.7. The van der Waals surface area contributed by atoms with Gasteiger partial charge in [0.1, 0.15) is 17.7 Å². The molecule has 3 aromatic rings. The molecule has 7 nitrogen and oxygen atoms in total. The van der Waals surface area contributed by atoms with Crippen LogP contribution in [0, 0.1) is 0 Å². The molecule has 1 amide bonds. The van der Waals surface area contributed by atoms with Crippen molar-refractivity contribution in [3.63, 3.8) is 0 Å². The van der Waals surface area contributed by atoms with E-state index in [0.717, 1.165) is 11.5 Å². The molecule has 142 valence electrons. The van der Waals surface area contributed by atoms with E-state index in [9.17, 15) is 14.3 Å². The Labute approximate surface area is 160 Å². The van der Waals surface area contributed by atoms with E-state index in [2.05, 4.69) is 10.1 Å². The molecule has 1 aromatic carbocycles. The minimum atomic E-state index is -0.795. The summed E-state index contributed by atoms with van der Waals surface area (Å²) < 4.78 is 15.0. The van der Waals surface area contributed by atoms with E-state index in [1.54, 1.807) is 46.2 Å². The molecule has 0 spiro atoms. The minimum absolute atomic E-state index is 0.114. The van der Waals surface area contributed by atoms with Crippen molar-refractivity contribution in [2.75, 3.05) is 22.9 Å². The van der Waals surface area contributed by atoms with Crippen molar-refractivity contribution in [3.8, 4) is 11.4 Å². The molecule has 0 radical (unpaired) electrons. The number of hydrogen-bond donors (Lipinski definition) is 1. The summed E-state index contributed by atoms with van der Waals surface area (Å²) in [5, 5.41) is 14.2. The molecule has 0 saturated carbocycles. The van der Waals surface area contributed by atoms with Crippen molar-refractivity contribution in [1.29, 1.82) is 0 Å². The van der Waals surface area contributed by atoms with Gasteiger partial charge in [0.05, 0.1) is 36.2 Å². The van der Waals surface area contributed by atoms with Crippen molar-refractivity contribution in [2.24, 2.45) is 0 Å². The highest BCUT2D eigenvalue weighted by Gasteiger charge is 2.32. The van der Waals surface area contributed by atoms with Gasteiger partial charge < -0.3 is 14.9 Å². The van der Waals surface area contributed by atoms with E-state index < -0.39 is 6.17 Å². The number of alkyl halides is 1. The number of pyridine rings is 1. The van der Waals surface area contributed by atoms with Crippen LogP contribution in [0.3, 0.4) is 0 Å². The second-order valence-electron chi connectivity index (χ2n) is 7.05. The van der Waals surface area contributed by atoms with Gasteiger partial charge in [0.2, 0.25) is 0 Å². The van der Waals surface area contributed by atoms with Gasteiger partial charge >= 0.3 is 0 Å². The van der Waals surface area contributed by atoms with Crippen LogP contribution in [0.2, 0.25) is 0 Å². The largest absolute Gasteiger partial charge is 0.508 e. The fourth-order valence-electron chi connectivity index (χ4n) is 3.70. The number of anilines is 2. The van der Waals surface area contributed by atoms with Gasteiger partial charge in [0.15, 0.2) is 0 Å². The lowest BCUT2D eigenvalue weighted by atomic mass is 10.2. The Morgan fingerprint density at radius 1 is 1.18 bits per heavy atom. The van der Waals surface area contributed by atoms with Gasteiger partial charge in [-0.05, 0) is 30.7 Å². The maximum atomic E-state index is 13.4. The molecule has 5 rings (SSSR count). The molecule has 0 unspecified atom stereocenters. The molecule has 1 fully saturated rings. The third kappa shape index (κ3) is 2.77. The number of carbonyl (C=O) groups excluding carboxylic acids is 1. The minimum Gasteiger partial charge on any atom is -0.508 e. The molecule has 4 heterocycles. The van der Waals surface area contributed by atoms with Gasteiger partial charge in [-0.2, -0.15) is 5.10 Å². The Balaban J connectivity index is 1.37. The topological polar surface area (TPSA) is 74.5 Å². The summed E-state index contributed by atoms with van der Waals surface area (Å²) in [7, 11) is 0. The SMILES string of the molecule is O=C1c2cn(-c3ccc(N4CC[C@@H](F)C4)nc3)nc2CN1c1cccc(O)c1. The first kappa shape index (κ1) is 16.7. The lowest BCUT2D eigenvalue weighted by Crippen LogP contribution is -2.23. The van der Waals surface area contributed by atoms with Crippen LogP contribution < -0.4 is 9.80 Å². The first-order chi connectivity index (χ1) is 13.6. The van der Waals surface area contributed by atoms with E-state index in [4.69, 9.17) is 0 Å². The zero-order valence-corrected chi connectivity index (χ0v) is 15.0. The van der Waals surface area contributed by atoms with E-state index in [-0.39, 0.29) is 11.7 Å². The number of hydrogen-bond acceptors (Lipinski definition) is 5. The maximum Gasteiger partial charge on any atom is 0.262 e. The van der Waals surface area contributed by atoms with Crippen molar-refractivity contribution in [1.82, 2.24) is 14.8 Å².